The van der Waals surface area contributed by atoms with Crippen molar-refractivity contribution in [3.63, 3.8) is 0 Å². The summed E-state index contributed by atoms with van der Waals surface area (Å²) in [4.78, 5) is 12.8. The third kappa shape index (κ3) is 2.89. The van der Waals surface area contributed by atoms with Crippen LogP contribution in [0.25, 0.3) is 0 Å². The summed E-state index contributed by atoms with van der Waals surface area (Å²) in [6.45, 7) is 0. The molecule has 0 spiro atoms. The second-order valence-electron chi connectivity index (χ2n) is 7.40. The minimum atomic E-state index is 0. The number of nitrogens with one attached hydrogen (secondary N) is 1. The average Bonchev–Trinajstić information content (AvgIpc) is 2.48. The highest BCUT2D eigenvalue weighted by Gasteiger charge is 2.50. The van der Waals surface area contributed by atoms with Crippen LogP contribution in [0.2, 0.25) is 0 Å². The number of rotatable bonds is 3. The first-order chi connectivity index (χ1) is 10.6. The lowest BCUT2D eigenvalue weighted by Crippen LogP contribution is -2.49. The number of benzene rings is 1. The summed E-state index contributed by atoms with van der Waals surface area (Å²) in [7, 11) is 1.62. The van der Waals surface area contributed by atoms with E-state index in [0.29, 0.717) is 23.2 Å². The number of nitrogen functional groups attached to an aromatic ring is 1. The summed E-state index contributed by atoms with van der Waals surface area (Å²) in [6, 6.07) is 5.41. The molecule has 23 heavy (non-hydrogen) atoms. The van der Waals surface area contributed by atoms with Gasteiger partial charge in [0.2, 0.25) is 5.91 Å². The van der Waals surface area contributed by atoms with Crippen LogP contribution in [0.4, 0.5) is 11.4 Å². The minimum Gasteiger partial charge on any atom is -0.497 e. The topological polar surface area (TPSA) is 64.3 Å². The van der Waals surface area contributed by atoms with Crippen molar-refractivity contribution in [2.75, 3.05) is 18.2 Å². The van der Waals surface area contributed by atoms with Gasteiger partial charge in [-0.3, -0.25) is 4.79 Å². The van der Waals surface area contributed by atoms with Gasteiger partial charge in [-0.05, 0) is 67.9 Å². The summed E-state index contributed by atoms with van der Waals surface area (Å²) >= 11 is 0. The Bertz CT molecular complexity index is 577. The molecule has 0 heterocycles. The number of ether oxygens (including phenoxy) is 1. The van der Waals surface area contributed by atoms with Gasteiger partial charge >= 0.3 is 0 Å². The van der Waals surface area contributed by atoms with Gasteiger partial charge in [-0.2, -0.15) is 0 Å². The molecule has 0 radical (unpaired) electrons. The number of methoxy groups -OCH3 is 1. The van der Waals surface area contributed by atoms with Crippen molar-refractivity contribution in [1.29, 1.82) is 0 Å². The van der Waals surface area contributed by atoms with Gasteiger partial charge in [-0.15, -0.1) is 12.4 Å². The Labute approximate surface area is 143 Å². The van der Waals surface area contributed by atoms with E-state index in [1.54, 1.807) is 13.2 Å². The molecule has 4 nitrogen and oxygen atoms in total. The van der Waals surface area contributed by atoms with Crippen LogP contribution in [0.3, 0.4) is 0 Å². The molecule has 0 unspecified atom stereocenters. The molecule has 126 valence electrons. The first-order valence-corrected chi connectivity index (χ1v) is 8.38. The molecule has 1 aromatic rings. The highest BCUT2D eigenvalue weighted by Crippen LogP contribution is 2.56. The summed E-state index contributed by atoms with van der Waals surface area (Å²) in [6.07, 6.45) is 6.40. The molecule has 5 rings (SSSR count). The lowest BCUT2D eigenvalue weighted by atomic mass is 9.51. The molecule has 0 saturated heterocycles. The summed E-state index contributed by atoms with van der Waals surface area (Å²) < 4.78 is 5.22. The van der Waals surface area contributed by atoms with Gasteiger partial charge in [-0.1, -0.05) is 0 Å². The van der Waals surface area contributed by atoms with E-state index < -0.39 is 0 Å². The van der Waals surface area contributed by atoms with E-state index in [-0.39, 0.29) is 24.2 Å². The average molecular weight is 337 g/mol. The van der Waals surface area contributed by atoms with Gasteiger partial charge in [0, 0.05) is 12.0 Å². The number of hydrogen-bond donors (Lipinski definition) is 2. The standard InChI is InChI=1S/C18H24N2O2.ClH/c1-22-14-2-3-15(19)16(9-14)20-18(21)17-12-5-10-4-11(7-12)8-13(17)6-10;/h2-3,9-13,17H,4-8,19H2,1H3,(H,20,21);1H. The fourth-order valence-corrected chi connectivity index (χ4v) is 5.34. The van der Waals surface area contributed by atoms with E-state index in [9.17, 15) is 4.79 Å². The smallest absolute Gasteiger partial charge is 0.228 e. The molecular formula is C18H25ClN2O2. The van der Waals surface area contributed by atoms with Crippen molar-refractivity contribution in [3.8, 4) is 5.75 Å². The van der Waals surface area contributed by atoms with E-state index in [1.165, 1.54) is 32.1 Å². The second-order valence-corrected chi connectivity index (χ2v) is 7.40. The Morgan fingerprint density at radius 2 is 1.74 bits per heavy atom. The SMILES string of the molecule is COc1ccc(N)c(NC(=O)C2C3CC4CC(C3)CC2C4)c1.Cl. The maximum absolute atomic E-state index is 12.8. The lowest BCUT2D eigenvalue weighted by molar-refractivity contribution is -0.132. The number of amides is 1. The second kappa shape index (κ2) is 6.23. The van der Waals surface area contributed by atoms with Gasteiger partial charge in [0.1, 0.15) is 5.75 Å². The number of anilines is 2. The molecule has 4 fully saturated rings. The summed E-state index contributed by atoms with van der Waals surface area (Å²) in [5.41, 5.74) is 7.27. The molecule has 5 heteroatoms. The lowest BCUT2D eigenvalue weighted by Gasteiger charge is -2.53. The zero-order valence-electron chi connectivity index (χ0n) is 13.5. The fraction of sp³-hybridized carbons (Fsp3) is 0.611. The first-order valence-electron chi connectivity index (χ1n) is 8.38. The number of carbonyl (C=O) groups excluding carboxylic acids is 1. The summed E-state index contributed by atoms with van der Waals surface area (Å²) in [5.74, 6) is 4.00. The van der Waals surface area contributed by atoms with Crippen LogP contribution in [-0.4, -0.2) is 13.0 Å². The van der Waals surface area contributed by atoms with Crippen molar-refractivity contribution < 1.29 is 9.53 Å². The maximum Gasteiger partial charge on any atom is 0.228 e. The molecule has 1 amide bonds. The molecule has 4 aliphatic carbocycles. The minimum absolute atomic E-state index is 0. The zero-order chi connectivity index (χ0) is 15.3. The van der Waals surface area contributed by atoms with E-state index in [0.717, 1.165) is 17.6 Å². The molecule has 3 N–H and O–H groups in total. The third-order valence-electron chi connectivity index (χ3n) is 6.05. The van der Waals surface area contributed by atoms with Crippen LogP contribution in [-0.2, 0) is 4.79 Å². The zero-order valence-corrected chi connectivity index (χ0v) is 14.3. The number of nitrogens with two attached hydrogens (primary N) is 1. The highest BCUT2D eigenvalue weighted by atomic mass is 35.5. The van der Waals surface area contributed by atoms with Gasteiger partial charge in [-0.25, -0.2) is 0 Å². The van der Waals surface area contributed by atoms with Crippen molar-refractivity contribution in [1.82, 2.24) is 0 Å². The fourth-order valence-electron chi connectivity index (χ4n) is 5.34. The maximum atomic E-state index is 12.8. The molecule has 4 saturated carbocycles. The van der Waals surface area contributed by atoms with E-state index in [1.807, 2.05) is 12.1 Å². The molecule has 0 aliphatic heterocycles. The molecule has 1 aromatic carbocycles. The molecule has 4 bridgehead atoms. The normalized spacial score (nSPS) is 33.9. The monoisotopic (exact) mass is 336 g/mol. The van der Waals surface area contributed by atoms with Gasteiger partial charge in [0.15, 0.2) is 0 Å². The van der Waals surface area contributed by atoms with Crippen LogP contribution in [0.5, 0.6) is 5.75 Å². The predicted molar refractivity (Wildman–Crippen MR) is 93.8 cm³/mol. The van der Waals surface area contributed by atoms with Crippen molar-refractivity contribution in [2.45, 2.75) is 32.1 Å². The molecule has 0 aromatic heterocycles. The first kappa shape index (κ1) is 16.4. The Morgan fingerprint density at radius 1 is 1.13 bits per heavy atom. The van der Waals surface area contributed by atoms with Gasteiger partial charge in [0.25, 0.3) is 0 Å². The quantitative estimate of drug-likeness (QED) is 0.827. The largest absolute Gasteiger partial charge is 0.497 e. The number of carbonyl (C=O) groups is 1. The van der Waals surface area contributed by atoms with Crippen LogP contribution in [0.1, 0.15) is 32.1 Å². The predicted octanol–water partition coefficient (Wildman–Crippen LogP) is 3.71. The molecule has 4 aliphatic rings. The van der Waals surface area contributed by atoms with E-state index in [2.05, 4.69) is 5.32 Å². The van der Waals surface area contributed by atoms with Crippen LogP contribution in [0, 0.1) is 29.6 Å². The van der Waals surface area contributed by atoms with E-state index >= 15 is 0 Å². The van der Waals surface area contributed by atoms with Crippen molar-refractivity contribution >= 4 is 29.7 Å². The van der Waals surface area contributed by atoms with Crippen molar-refractivity contribution in [2.24, 2.45) is 29.6 Å². The van der Waals surface area contributed by atoms with Crippen molar-refractivity contribution in [3.05, 3.63) is 18.2 Å². The Kier molecular flexibility index (Phi) is 4.45. The summed E-state index contributed by atoms with van der Waals surface area (Å²) in [5, 5.41) is 3.07. The Hall–Kier alpha value is -1.42. The number of hydrogen-bond acceptors (Lipinski definition) is 3. The van der Waals surface area contributed by atoms with Gasteiger partial charge < -0.3 is 15.8 Å². The van der Waals surface area contributed by atoms with Crippen LogP contribution >= 0.6 is 12.4 Å². The highest BCUT2D eigenvalue weighted by molar-refractivity contribution is 5.96. The van der Waals surface area contributed by atoms with Gasteiger partial charge in [0.05, 0.1) is 18.5 Å². The molecule has 0 atom stereocenters. The Balaban J connectivity index is 0.00000156. The van der Waals surface area contributed by atoms with E-state index in [4.69, 9.17) is 10.5 Å². The third-order valence-corrected chi connectivity index (χ3v) is 6.05. The van der Waals surface area contributed by atoms with Crippen LogP contribution < -0.4 is 15.8 Å². The number of halogens is 1. The molecular weight excluding hydrogens is 312 g/mol. The Morgan fingerprint density at radius 3 is 2.30 bits per heavy atom. The van der Waals surface area contributed by atoms with Crippen LogP contribution in [0.15, 0.2) is 18.2 Å².